The third-order valence-electron chi connectivity index (χ3n) is 1.97. The molecule has 0 N–H and O–H groups in total. The predicted octanol–water partition coefficient (Wildman–Crippen LogP) is 2.20. The van der Waals surface area contributed by atoms with Gasteiger partial charge in [-0.05, 0) is 18.2 Å². The first-order chi connectivity index (χ1) is 7.90. The highest BCUT2D eigenvalue weighted by atomic mass is 19.4. The molecule has 0 radical (unpaired) electrons. The van der Waals surface area contributed by atoms with E-state index in [1.54, 1.807) is 0 Å². The number of hydrogen-bond acceptors (Lipinski definition) is 2. The third kappa shape index (κ3) is 2.92. The van der Waals surface area contributed by atoms with Crippen LogP contribution in [0.3, 0.4) is 0 Å². The fourth-order valence-corrected chi connectivity index (χ4v) is 1.20. The van der Waals surface area contributed by atoms with Crippen LogP contribution in [0.15, 0.2) is 18.2 Å². The van der Waals surface area contributed by atoms with E-state index in [2.05, 4.69) is 4.79 Å². The number of alkyl halides is 3. The van der Waals surface area contributed by atoms with Gasteiger partial charge in [-0.25, -0.2) is 0 Å². The number of benzene rings is 1. The summed E-state index contributed by atoms with van der Waals surface area (Å²) in [6, 6.07) is 2.47. The summed E-state index contributed by atoms with van der Waals surface area (Å²) in [5.41, 5.74) is 6.88. The SMILES string of the molecule is COc1ccc(C(F)(F)F)cc1C(=O)C=[N+]=[N-]. The van der Waals surface area contributed by atoms with Gasteiger partial charge >= 0.3 is 12.4 Å². The third-order valence-corrected chi connectivity index (χ3v) is 1.97. The van der Waals surface area contributed by atoms with Crippen LogP contribution in [0.4, 0.5) is 13.2 Å². The van der Waals surface area contributed by atoms with Crippen LogP contribution in [0.5, 0.6) is 5.75 Å². The molecule has 0 amide bonds. The lowest BCUT2D eigenvalue weighted by Crippen LogP contribution is -2.09. The Morgan fingerprint density at radius 2 is 2.12 bits per heavy atom. The van der Waals surface area contributed by atoms with Gasteiger partial charge in [0, 0.05) is 0 Å². The molecule has 4 nitrogen and oxygen atoms in total. The summed E-state index contributed by atoms with van der Waals surface area (Å²) in [4.78, 5) is 13.8. The fraction of sp³-hybridized carbons (Fsp3) is 0.200. The monoisotopic (exact) mass is 244 g/mol. The van der Waals surface area contributed by atoms with Crippen molar-refractivity contribution in [2.24, 2.45) is 0 Å². The Hall–Kier alpha value is -2.14. The molecular formula is C10H7F3N2O2. The molecule has 0 bridgehead atoms. The standard InChI is InChI=1S/C10H7F3N2O2/c1-17-9-3-2-6(10(11,12)13)4-7(9)8(16)5-15-14/h2-5H,1H3. The van der Waals surface area contributed by atoms with E-state index in [0.29, 0.717) is 12.3 Å². The van der Waals surface area contributed by atoms with Crippen molar-refractivity contribution in [1.82, 2.24) is 0 Å². The number of carbonyl (C=O) groups excluding carboxylic acids is 1. The number of carbonyl (C=O) groups is 1. The smallest absolute Gasteiger partial charge is 0.416 e. The summed E-state index contributed by atoms with van der Waals surface area (Å²) in [6.45, 7) is 0. The summed E-state index contributed by atoms with van der Waals surface area (Å²) >= 11 is 0. The Labute approximate surface area is 94.2 Å². The van der Waals surface area contributed by atoms with Gasteiger partial charge in [0.15, 0.2) is 0 Å². The molecule has 90 valence electrons. The average Bonchev–Trinajstić information content (AvgIpc) is 2.27. The number of methoxy groups -OCH3 is 1. The molecule has 0 heterocycles. The van der Waals surface area contributed by atoms with Gasteiger partial charge < -0.3 is 10.3 Å². The second-order valence-corrected chi connectivity index (χ2v) is 3.02. The highest BCUT2D eigenvalue weighted by Gasteiger charge is 2.32. The molecule has 0 aliphatic heterocycles. The van der Waals surface area contributed by atoms with Crippen LogP contribution >= 0.6 is 0 Å². The lowest BCUT2D eigenvalue weighted by atomic mass is 10.1. The van der Waals surface area contributed by atoms with Gasteiger partial charge in [-0.2, -0.15) is 18.0 Å². The van der Waals surface area contributed by atoms with Crippen molar-refractivity contribution in [2.75, 3.05) is 7.11 Å². The van der Waals surface area contributed by atoms with E-state index in [9.17, 15) is 18.0 Å². The molecule has 1 aromatic carbocycles. The second kappa shape index (κ2) is 4.80. The molecular weight excluding hydrogens is 237 g/mol. The molecule has 0 aliphatic carbocycles. The van der Waals surface area contributed by atoms with E-state index in [1.807, 2.05) is 0 Å². The fourth-order valence-electron chi connectivity index (χ4n) is 1.20. The molecule has 0 atom stereocenters. The quantitative estimate of drug-likeness (QED) is 0.354. The Bertz CT molecular complexity index is 491. The molecule has 17 heavy (non-hydrogen) atoms. The number of nitrogens with zero attached hydrogens (tertiary/aromatic N) is 2. The van der Waals surface area contributed by atoms with Crippen molar-refractivity contribution in [2.45, 2.75) is 6.18 Å². The molecule has 7 heteroatoms. The summed E-state index contributed by atoms with van der Waals surface area (Å²) in [5, 5.41) is 0. The van der Waals surface area contributed by atoms with Gasteiger partial charge in [0.1, 0.15) is 5.75 Å². The molecule has 1 aromatic rings. The highest BCUT2D eigenvalue weighted by molar-refractivity contribution is 6.34. The molecule has 0 aliphatic rings. The maximum atomic E-state index is 12.4. The number of hydrogen-bond donors (Lipinski definition) is 0. The molecule has 0 saturated carbocycles. The van der Waals surface area contributed by atoms with E-state index in [0.717, 1.165) is 12.1 Å². The van der Waals surface area contributed by atoms with Crippen molar-refractivity contribution in [3.8, 4) is 5.75 Å². The molecule has 0 aromatic heterocycles. The molecule has 1 rings (SSSR count). The van der Waals surface area contributed by atoms with Gasteiger partial charge in [0.05, 0.1) is 18.2 Å². The number of Topliss-reactive ketones (excluding diaryl/α,β-unsaturated/α-hetero) is 1. The summed E-state index contributed by atoms with van der Waals surface area (Å²) in [5.74, 6) is -0.904. The van der Waals surface area contributed by atoms with E-state index in [1.165, 1.54) is 7.11 Å². The molecule has 0 fully saturated rings. The molecule has 0 unspecified atom stereocenters. The maximum Gasteiger partial charge on any atom is 0.416 e. The van der Waals surface area contributed by atoms with E-state index in [-0.39, 0.29) is 11.3 Å². The maximum absolute atomic E-state index is 12.4. The van der Waals surface area contributed by atoms with Gasteiger partial charge in [0.2, 0.25) is 0 Å². The van der Waals surface area contributed by atoms with Crippen LogP contribution in [0.2, 0.25) is 0 Å². The summed E-state index contributed by atoms with van der Waals surface area (Å²) in [7, 11) is 1.22. The van der Waals surface area contributed by atoms with Crippen molar-refractivity contribution in [3.63, 3.8) is 0 Å². The first kappa shape index (κ1) is 12.9. The first-order valence-electron chi connectivity index (χ1n) is 4.37. The van der Waals surface area contributed by atoms with Crippen LogP contribution in [0.25, 0.3) is 5.53 Å². The van der Waals surface area contributed by atoms with Gasteiger partial charge in [-0.15, -0.1) is 0 Å². The van der Waals surface area contributed by atoms with E-state index >= 15 is 0 Å². The Morgan fingerprint density at radius 1 is 1.47 bits per heavy atom. The number of rotatable bonds is 3. The van der Waals surface area contributed by atoms with Crippen molar-refractivity contribution in [3.05, 3.63) is 34.9 Å². The van der Waals surface area contributed by atoms with Gasteiger partial charge in [0.25, 0.3) is 5.78 Å². The van der Waals surface area contributed by atoms with Crippen LogP contribution < -0.4 is 4.74 Å². The topological polar surface area (TPSA) is 62.7 Å². The van der Waals surface area contributed by atoms with Crippen molar-refractivity contribution >= 4 is 12.0 Å². The Balaban J connectivity index is 3.34. The largest absolute Gasteiger partial charge is 0.496 e. The Morgan fingerprint density at radius 3 is 2.59 bits per heavy atom. The molecule has 0 spiro atoms. The average molecular weight is 244 g/mol. The second-order valence-electron chi connectivity index (χ2n) is 3.02. The lowest BCUT2D eigenvalue weighted by Gasteiger charge is -2.09. The zero-order valence-corrected chi connectivity index (χ0v) is 8.65. The minimum atomic E-state index is -4.56. The van der Waals surface area contributed by atoms with Crippen LogP contribution in [0.1, 0.15) is 15.9 Å². The van der Waals surface area contributed by atoms with Crippen molar-refractivity contribution in [1.29, 1.82) is 0 Å². The summed E-state index contributed by atoms with van der Waals surface area (Å²) < 4.78 is 42.0. The zero-order valence-electron chi connectivity index (χ0n) is 8.65. The van der Waals surface area contributed by atoms with Gasteiger partial charge in [-0.1, -0.05) is 0 Å². The minimum Gasteiger partial charge on any atom is -0.496 e. The van der Waals surface area contributed by atoms with Crippen molar-refractivity contribution < 1.29 is 27.5 Å². The van der Waals surface area contributed by atoms with Gasteiger partial charge in [-0.3, -0.25) is 4.79 Å². The number of halogens is 3. The first-order valence-corrected chi connectivity index (χ1v) is 4.37. The minimum absolute atomic E-state index is 0.0251. The Kier molecular flexibility index (Phi) is 3.65. The van der Waals surface area contributed by atoms with Crippen LogP contribution in [-0.2, 0) is 6.18 Å². The van der Waals surface area contributed by atoms with E-state index in [4.69, 9.17) is 10.3 Å². The predicted molar refractivity (Wildman–Crippen MR) is 52.0 cm³/mol. The summed E-state index contributed by atoms with van der Waals surface area (Å²) in [6.07, 6.45) is -4.06. The molecule has 0 saturated heterocycles. The number of ketones is 1. The van der Waals surface area contributed by atoms with Crippen LogP contribution in [-0.4, -0.2) is 23.9 Å². The lowest BCUT2D eigenvalue weighted by molar-refractivity contribution is -0.137. The zero-order chi connectivity index (χ0) is 13.1. The van der Waals surface area contributed by atoms with E-state index < -0.39 is 17.5 Å². The normalized spacial score (nSPS) is 10.6. The number of ether oxygens (including phenoxy) is 1. The van der Waals surface area contributed by atoms with Crippen LogP contribution in [0, 0.1) is 0 Å². The highest BCUT2D eigenvalue weighted by Crippen LogP contribution is 2.32.